The molecule has 0 saturated heterocycles. The van der Waals surface area contributed by atoms with Crippen molar-refractivity contribution in [1.29, 1.82) is 0 Å². The van der Waals surface area contributed by atoms with Gasteiger partial charge in [0, 0.05) is 18.3 Å². The van der Waals surface area contributed by atoms with Gasteiger partial charge in [0.25, 0.3) is 0 Å². The Bertz CT molecular complexity index is 317. The molecule has 0 atom stereocenters. The van der Waals surface area contributed by atoms with Gasteiger partial charge in [0.1, 0.15) is 0 Å². The Balaban J connectivity index is 2.11. The van der Waals surface area contributed by atoms with Gasteiger partial charge in [-0.25, -0.2) is 0 Å². The zero-order valence-corrected chi connectivity index (χ0v) is 7.36. The number of aromatic nitrogens is 1. The largest absolute Gasteiger partial charge is 0.369 e. The molecule has 13 heavy (non-hydrogen) atoms. The Morgan fingerprint density at radius 2 is 2.31 bits per heavy atom. The minimum atomic E-state index is -0.269. The summed E-state index contributed by atoms with van der Waals surface area (Å²) in [6, 6.07) is 5.73. The Kier molecular flexibility index (Phi) is 1.79. The van der Waals surface area contributed by atoms with Gasteiger partial charge in [0.15, 0.2) is 0 Å². The van der Waals surface area contributed by atoms with Crippen molar-refractivity contribution >= 4 is 5.91 Å². The van der Waals surface area contributed by atoms with E-state index in [2.05, 4.69) is 4.98 Å². The highest BCUT2D eigenvalue weighted by Crippen LogP contribution is 2.47. The van der Waals surface area contributed by atoms with Crippen molar-refractivity contribution in [1.82, 2.24) is 4.98 Å². The lowest BCUT2D eigenvalue weighted by atomic mass is 9.99. The number of primary amides is 1. The maximum Gasteiger partial charge on any atom is 0.224 e. The van der Waals surface area contributed by atoms with Gasteiger partial charge in [-0.2, -0.15) is 0 Å². The van der Waals surface area contributed by atoms with Crippen LogP contribution in [0.3, 0.4) is 0 Å². The van der Waals surface area contributed by atoms with E-state index in [9.17, 15) is 4.79 Å². The van der Waals surface area contributed by atoms with Crippen LogP contribution in [0, 0.1) is 5.41 Å². The molecule has 2 rings (SSSR count). The zero-order chi connectivity index (χ0) is 9.31. The molecule has 0 unspecified atom stereocenters. The molecule has 0 aromatic carbocycles. The molecule has 3 heteroatoms. The maximum absolute atomic E-state index is 11.1. The highest BCUT2D eigenvalue weighted by atomic mass is 16.1. The molecule has 0 bridgehead atoms. The Morgan fingerprint density at radius 1 is 1.54 bits per heavy atom. The average molecular weight is 176 g/mol. The fraction of sp³-hybridized carbons (Fsp3) is 0.400. The number of carbonyl (C=O) groups is 1. The quantitative estimate of drug-likeness (QED) is 0.743. The SMILES string of the molecule is NC(=O)C1(Cc2ccccn2)CC1. The van der Waals surface area contributed by atoms with E-state index < -0.39 is 0 Å². The van der Waals surface area contributed by atoms with E-state index in [4.69, 9.17) is 5.73 Å². The second-order valence-electron chi connectivity index (χ2n) is 3.64. The van der Waals surface area contributed by atoms with Crippen LogP contribution >= 0.6 is 0 Å². The molecule has 1 heterocycles. The molecular weight excluding hydrogens is 164 g/mol. The lowest BCUT2D eigenvalue weighted by Gasteiger charge is -2.08. The summed E-state index contributed by atoms with van der Waals surface area (Å²) in [6.07, 6.45) is 4.27. The molecule has 1 aliphatic carbocycles. The summed E-state index contributed by atoms with van der Waals surface area (Å²) in [5, 5.41) is 0. The predicted octanol–water partition coefficient (Wildman–Crippen LogP) is 0.890. The topological polar surface area (TPSA) is 56.0 Å². The summed E-state index contributed by atoms with van der Waals surface area (Å²) in [7, 11) is 0. The van der Waals surface area contributed by atoms with Crippen molar-refractivity contribution in [2.45, 2.75) is 19.3 Å². The van der Waals surface area contributed by atoms with Gasteiger partial charge in [0.05, 0.1) is 5.41 Å². The smallest absolute Gasteiger partial charge is 0.224 e. The first kappa shape index (κ1) is 8.23. The van der Waals surface area contributed by atoms with Crippen molar-refractivity contribution in [3.8, 4) is 0 Å². The molecule has 0 radical (unpaired) electrons. The van der Waals surface area contributed by atoms with Gasteiger partial charge in [-0.05, 0) is 25.0 Å². The molecule has 3 nitrogen and oxygen atoms in total. The van der Waals surface area contributed by atoms with Crippen LogP contribution in [0.5, 0.6) is 0 Å². The van der Waals surface area contributed by atoms with Crippen LogP contribution in [0.2, 0.25) is 0 Å². The lowest BCUT2D eigenvalue weighted by molar-refractivity contribution is -0.123. The summed E-state index contributed by atoms with van der Waals surface area (Å²) in [4.78, 5) is 15.3. The van der Waals surface area contributed by atoms with E-state index in [-0.39, 0.29) is 11.3 Å². The third-order valence-electron chi connectivity index (χ3n) is 2.62. The molecule has 2 N–H and O–H groups in total. The third kappa shape index (κ3) is 1.54. The number of nitrogens with zero attached hydrogens (tertiary/aromatic N) is 1. The van der Waals surface area contributed by atoms with Gasteiger partial charge in [0.2, 0.25) is 5.91 Å². The fourth-order valence-electron chi connectivity index (χ4n) is 1.51. The molecule has 1 aromatic heterocycles. The molecular formula is C10H12N2O. The highest BCUT2D eigenvalue weighted by Gasteiger charge is 2.48. The molecule has 1 aromatic rings. The number of amides is 1. The van der Waals surface area contributed by atoms with Crippen LogP contribution in [0.15, 0.2) is 24.4 Å². The van der Waals surface area contributed by atoms with Gasteiger partial charge in [-0.3, -0.25) is 9.78 Å². The first-order chi connectivity index (χ1) is 6.23. The number of hydrogen-bond acceptors (Lipinski definition) is 2. The monoisotopic (exact) mass is 176 g/mol. The molecule has 1 saturated carbocycles. The zero-order valence-electron chi connectivity index (χ0n) is 7.36. The van der Waals surface area contributed by atoms with Gasteiger partial charge < -0.3 is 5.73 Å². The standard InChI is InChI=1S/C10H12N2O/c11-9(13)10(4-5-10)7-8-3-1-2-6-12-8/h1-3,6H,4-5,7H2,(H2,11,13). The first-order valence-electron chi connectivity index (χ1n) is 4.43. The van der Waals surface area contributed by atoms with Crippen LogP contribution in [0.4, 0.5) is 0 Å². The summed E-state index contributed by atoms with van der Waals surface area (Å²) >= 11 is 0. The van der Waals surface area contributed by atoms with Crippen LogP contribution in [0.25, 0.3) is 0 Å². The molecule has 68 valence electrons. The molecule has 1 fully saturated rings. The first-order valence-corrected chi connectivity index (χ1v) is 4.43. The van der Waals surface area contributed by atoms with E-state index in [0.717, 1.165) is 18.5 Å². The Morgan fingerprint density at radius 3 is 2.77 bits per heavy atom. The lowest BCUT2D eigenvalue weighted by Crippen LogP contribution is -2.26. The summed E-state index contributed by atoms with van der Waals surface area (Å²) in [5.74, 6) is -0.182. The number of carbonyl (C=O) groups excluding carboxylic acids is 1. The predicted molar refractivity (Wildman–Crippen MR) is 48.8 cm³/mol. The Labute approximate surface area is 77.0 Å². The highest BCUT2D eigenvalue weighted by molar-refractivity contribution is 5.83. The van der Waals surface area contributed by atoms with E-state index in [1.165, 1.54) is 0 Å². The normalized spacial score (nSPS) is 18.2. The Hall–Kier alpha value is -1.38. The molecule has 1 aliphatic rings. The minimum Gasteiger partial charge on any atom is -0.369 e. The van der Waals surface area contributed by atoms with E-state index in [0.29, 0.717) is 6.42 Å². The van der Waals surface area contributed by atoms with E-state index in [1.54, 1.807) is 6.20 Å². The van der Waals surface area contributed by atoms with E-state index >= 15 is 0 Å². The summed E-state index contributed by atoms with van der Waals surface area (Å²) < 4.78 is 0. The van der Waals surface area contributed by atoms with Crippen LogP contribution < -0.4 is 5.73 Å². The molecule has 0 aliphatic heterocycles. The number of rotatable bonds is 3. The fourth-order valence-corrected chi connectivity index (χ4v) is 1.51. The average Bonchev–Trinajstić information content (AvgIpc) is 2.87. The number of nitrogens with two attached hydrogens (primary N) is 1. The van der Waals surface area contributed by atoms with Crippen LogP contribution in [-0.4, -0.2) is 10.9 Å². The second-order valence-corrected chi connectivity index (χ2v) is 3.64. The second kappa shape index (κ2) is 2.83. The summed E-state index contributed by atoms with van der Waals surface area (Å²) in [5.41, 5.74) is 6.00. The molecule has 0 spiro atoms. The van der Waals surface area contributed by atoms with Crippen molar-refractivity contribution in [2.24, 2.45) is 11.1 Å². The van der Waals surface area contributed by atoms with Crippen LogP contribution in [-0.2, 0) is 11.2 Å². The van der Waals surface area contributed by atoms with Gasteiger partial charge in [-0.1, -0.05) is 6.07 Å². The van der Waals surface area contributed by atoms with E-state index in [1.807, 2.05) is 18.2 Å². The van der Waals surface area contributed by atoms with Crippen molar-refractivity contribution in [2.75, 3.05) is 0 Å². The van der Waals surface area contributed by atoms with Crippen molar-refractivity contribution < 1.29 is 4.79 Å². The van der Waals surface area contributed by atoms with Gasteiger partial charge in [-0.15, -0.1) is 0 Å². The van der Waals surface area contributed by atoms with Crippen LogP contribution in [0.1, 0.15) is 18.5 Å². The number of pyridine rings is 1. The van der Waals surface area contributed by atoms with Crippen molar-refractivity contribution in [3.63, 3.8) is 0 Å². The van der Waals surface area contributed by atoms with Gasteiger partial charge >= 0.3 is 0 Å². The number of hydrogen-bond donors (Lipinski definition) is 1. The maximum atomic E-state index is 11.1. The minimum absolute atomic E-state index is 0.182. The summed E-state index contributed by atoms with van der Waals surface area (Å²) in [6.45, 7) is 0. The third-order valence-corrected chi connectivity index (χ3v) is 2.62. The van der Waals surface area contributed by atoms with Crippen molar-refractivity contribution in [3.05, 3.63) is 30.1 Å². The molecule has 1 amide bonds.